The van der Waals surface area contributed by atoms with Crippen LogP contribution in [0, 0.1) is 13.8 Å². The van der Waals surface area contributed by atoms with Crippen molar-refractivity contribution < 1.29 is 4.70 Å². The monoisotopic (exact) mass is 1440 g/mol. The first-order valence-corrected chi connectivity index (χ1v) is 36.6. The number of aromatic nitrogens is 7. The molecule has 512 valence electrons. The quantitative estimate of drug-likeness (QED) is 0.160. The zero-order chi connectivity index (χ0) is 69.8. The topological polar surface area (TPSA) is 50.4 Å². The Balaban J connectivity index is 0.000000124. The first-order chi connectivity index (χ1) is 51.8. The van der Waals surface area contributed by atoms with Crippen LogP contribution in [0.1, 0.15) is 29.7 Å². The molecule has 0 saturated heterocycles. The Labute approximate surface area is 626 Å². The molecule has 0 amide bonds. The van der Waals surface area contributed by atoms with Crippen LogP contribution in [0.15, 0.2) is 357 Å². The summed E-state index contributed by atoms with van der Waals surface area (Å²) in [6.45, 7) is 4.25. The molecule has 0 atom stereocenters. The van der Waals surface area contributed by atoms with Crippen LogP contribution in [0.25, 0.3) is 171 Å². The largest absolute Gasteiger partial charge is 0.309 e. The summed E-state index contributed by atoms with van der Waals surface area (Å²) in [5.74, 6) is 0. The number of benzene rings is 14. The van der Waals surface area contributed by atoms with Crippen molar-refractivity contribution in [1.29, 1.82) is 0 Å². The van der Waals surface area contributed by atoms with Gasteiger partial charge in [-0.25, -0.2) is 0 Å². The van der Waals surface area contributed by atoms with Gasteiger partial charge in [-0.1, -0.05) is 230 Å². The van der Waals surface area contributed by atoms with E-state index in [0.717, 1.165) is 67.2 Å². The van der Waals surface area contributed by atoms with Gasteiger partial charge in [-0.15, -0.1) is 0 Å². The first-order valence-electron chi connectivity index (χ1n) is 35.8. The highest BCUT2D eigenvalue weighted by Crippen LogP contribution is 2.44. The number of para-hydroxylation sites is 9. The van der Waals surface area contributed by atoms with Gasteiger partial charge < -0.3 is 22.8 Å². The SMILES string of the molecule is C.Cc1cccnc1-c1cc(-n2c3ccccc3c3ccccc32)cc(-n2c3ccccc3c3cc(-n4c5ccccc5c5ccccc54)ccc32)c1.Cc1cccnc1-c1cc(Br)cc(-n2c3ccccc3c3ccccc32)c1.F.c1ccc2c(c1)Cc1ccc(-n3c4ccccc4c4ccccc43)cc1-2. The molecule has 1 aliphatic rings. The molecule has 0 bridgehead atoms. The molecule has 1 aliphatic carbocycles. The van der Waals surface area contributed by atoms with Crippen molar-refractivity contribution in [3.8, 4) is 62.1 Å². The van der Waals surface area contributed by atoms with E-state index >= 15 is 0 Å². The lowest BCUT2D eigenvalue weighted by molar-refractivity contribution is 1.11. The minimum absolute atomic E-state index is 0. The fourth-order valence-electron chi connectivity index (χ4n) is 16.8. The van der Waals surface area contributed by atoms with Crippen molar-refractivity contribution in [3.63, 3.8) is 0 Å². The van der Waals surface area contributed by atoms with Gasteiger partial charge >= 0.3 is 0 Å². The molecule has 22 rings (SSSR count). The van der Waals surface area contributed by atoms with Crippen LogP contribution in [-0.4, -0.2) is 32.8 Å². The van der Waals surface area contributed by atoms with Gasteiger partial charge in [-0.05, 0) is 187 Å². The lowest BCUT2D eigenvalue weighted by Gasteiger charge is -2.16. The van der Waals surface area contributed by atoms with E-state index in [2.05, 4.69) is 385 Å². The van der Waals surface area contributed by atoms with Gasteiger partial charge in [0.25, 0.3) is 0 Å². The number of hydrogen-bond donors (Lipinski definition) is 0. The van der Waals surface area contributed by atoms with Gasteiger partial charge in [0.05, 0.1) is 66.6 Å². The van der Waals surface area contributed by atoms with Crippen molar-refractivity contribution in [2.45, 2.75) is 27.7 Å². The van der Waals surface area contributed by atoms with E-state index in [4.69, 9.17) is 4.98 Å². The van der Waals surface area contributed by atoms with Crippen molar-refractivity contribution in [1.82, 2.24) is 32.8 Å². The Kier molecular flexibility index (Phi) is 16.5. The zero-order valence-electron chi connectivity index (χ0n) is 58.1. The highest BCUT2D eigenvalue weighted by atomic mass is 79.9. The summed E-state index contributed by atoms with van der Waals surface area (Å²) in [7, 11) is 0. The smallest absolute Gasteiger partial charge is 0.0732 e. The molecular weight excluding hydrogens is 1370 g/mol. The van der Waals surface area contributed by atoms with Crippen molar-refractivity contribution in [2.24, 2.45) is 0 Å². The number of halogens is 2. The van der Waals surface area contributed by atoms with E-state index < -0.39 is 0 Å². The Morgan fingerprint density at radius 1 is 0.252 bits per heavy atom. The number of rotatable bonds is 7. The molecule has 107 heavy (non-hydrogen) atoms. The maximum Gasteiger partial charge on any atom is 0.0732 e. The van der Waals surface area contributed by atoms with Crippen LogP contribution in [-0.2, 0) is 6.42 Å². The van der Waals surface area contributed by atoms with E-state index in [1.165, 1.54) is 137 Å². The Hall–Kier alpha value is -13.2. The van der Waals surface area contributed by atoms with Gasteiger partial charge in [0.15, 0.2) is 0 Å². The third-order valence-corrected chi connectivity index (χ3v) is 21.9. The van der Waals surface area contributed by atoms with Crippen LogP contribution < -0.4 is 0 Å². The van der Waals surface area contributed by atoms with Gasteiger partial charge in [0.1, 0.15) is 0 Å². The molecule has 0 radical (unpaired) electrons. The summed E-state index contributed by atoms with van der Waals surface area (Å²) in [6.07, 6.45) is 4.79. The second-order valence-electron chi connectivity index (χ2n) is 27.5. The van der Waals surface area contributed by atoms with Crippen molar-refractivity contribution >= 4 is 125 Å². The summed E-state index contributed by atoms with van der Waals surface area (Å²) >= 11 is 3.71. The zero-order valence-corrected chi connectivity index (χ0v) is 59.7. The number of pyridine rings is 2. The summed E-state index contributed by atoms with van der Waals surface area (Å²) in [5.41, 5.74) is 29.9. The molecule has 0 aliphatic heterocycles. The van der Waals surface area contributed by atoms with Gasteiger partial charge in [-0.3, -0.25) is 14.7 Å². The fourth-order valence-corrected chi connectivity index (χ4v) is 17.3. The Morgan fingerprint density at radius 2 is 0.551 bits per heavy atom. The van der Waals surface area contributed by atoms with Gasteiger partial charge in [0.2, 0.25) is 0 Å². The van der Waals surface area contributed by atoms with Gasteiger partial charge in [-0.2, -0.15) is 0 Å². The van der Waals surface area contributed by atoms with E-state index in [-0.39, 0.29) is 12.1 Å². The molecular formula is C98H71BrFN7. The number of aryl methyl sites for hydroxylation is 2. The highest BCUT2D eigenvalue weighted by Gasteiger charge is 2.23. The van der Waals surface area contributed by atoms with Crippen LogP contribution in [0.2, 0.25) is 0 Å². The minimum Gasteiger partial charge on any atom is -0.309 e. The summed E-state index contributed by atoms with van der Waals surface area (Å²) in [4.78, 5) is 9.52. The summed E-state index contributed by atoms with van der Waals surface area (Å²) < 4.78 is 13.0. The van der Waals surface area contributed by atoms with Crippen LogP contribution in [0.3, 0.4) is 0 Å². The third-order valence-electron chi connectivity index (χ3n) is 21.4. The number of nitrogens with zero attached hydrogens (tertiary/aromatic N) is 7. The van der Waals surface area contributed by atoms with Crippen molar-refractivity contribution in [2.75, 3.05) is 0 Å². The lowest BCUT2D eigenvalue weighted by atomic mass is 10.0. The van der Waals surface area contributed by atoms with Crippen LogP contribution in [0.5, 0.6) is 0 Å². The second-order valence-corrected chi connectivity index (χ2v) is 28.4. The molecule has 14 aromatic carbocycles. The molecule has 0 N–H and O–H groups in total. The summed E-state index contributed by atoms with van der Waals surface area (Å²) in [5, 5.41) is 12.6. The van der Waals surface area contributed by atoms with E-state index in [0.29, 0.717) is 0 Å². The van der Waals surface area contributed by atoms with E-state index in [1.54, 1.807) is 0 Å². The molecule has 21 aromatic rings. The molecule has 0 saturated carbocycles. The molecule has 0 unspecified atom stereocenters. The fraction of sp³-hybridized carbons (Fsp3) is 0.0408. The Bertz CT molecular complexity index is 6870. The average Bonchev–Trinajstić information content (AvgIpc) is 1.60. The number of hydrogen-bond acceptors (Lipinski definition) is 2. The molecule has 0 spiro atoms. The molecule has 7 aromatic heterocycles. The molecule has 7 heterocycles. The van der Waals surface area contributed by atoms with Crippen LogP contribution >= 0.6 is 15.9 Å². The van der Waals surface area contributed by atoms with Crippen molar-refractivity contribution in [3.05, 3.63) is 379 Å². The van der Waals surface area contributed by atoms with Crippen LogP contribution in [0.4, 0.5) is 4.70 Å². The summed E-state index contributed by atoms with van der Waals surface area (Å²) in [6, 6.07) is 122. The van der Waals surface area contributed by atoms with E-state index in [9.17, 15) is 0 Å². The maximum absolute atomic E-state index is 4.91. The minimum atomic E-state index is 0. The first kappa shape index (κ1) is 65.8. The number of fused-ring (bicyclic) bond motifs is 18. The Morgan fingerprint density at radius 3 is 0.944 bits per heavy atom. The van der Waals surface area contributed by atoms with Gasteiger partial charge in [0, 0.05) is 110 Å². The third kappa shape index (κ3) is 10.9. The molecule has 0 fully saturated rings. The molecule has 7 nitrogen and oxygen atoms in total. The van der Waals surface area contributed by atoms with E-state index in [1.807, 2.05) is 24.5 Å². The second kappa shape index (κ2) is 26.8. The molecule has 9 heteroatoms. The average molecular weight is 1450 g/mol. The predicted octanol–water partition coefficient (Wildman–Crippen LogP) is 26.4. The normalized spacial score (nSPS) is 11.7. The highest BCUT2D eigenvalue weighted by molar-refractivity contribution is 9.10. The lowest BCUT2D eigenvalue weighted by Crippen LogP contribution is -2.01. The maximum atomic E-state index is 4.91. The predicted molar refractivity (Wildman–Crippen MR) is 452 cm³/mol. The standard InChI is InChI=1S/C48H32N4.C25H17N.C24H17BrN2.CH4.FH/c1-31-13-12-26-49-48(31)32-27-34(51-44-21-9-4-16-38(44)39-17-5-10-22-45(39)51)29-35(28-32)52-46-23-11-6-18-40(46)41-30-33(24-25-47(41)52)50-42-19-7-2-14-36(42)37-15-3-8-20-43(37)50;1-2-8-20-17(7-1)15-18-13-14-19(16-23(18)20)26-24-11-5-3-9-21(24)22-10-4-6-12-25(22)26;1-16-7-6-12-26-24(16)17-13-18(25)15-19(14-17)27-22-10-4-2-8-20(22)21-9-3-5-11-23(21)27;;/h2-30H,1H3;1-14,16H,15H2;2-15H,1H3;1H4;1H.